The average Bonchev–Trinajstić information content (AvgIpc) is 2.55. The van der Waals surface area contributed by atoms with E-state index < -0.39 is 17.5 Å². The van der Waals surface area contributed by atoms with Crippen LogP contribution < -0.4 is 10.6 Å². The summed E-state index contributed by atoms with van der Waals surface area (Å²) in [6, 6.07) is 9.89. The van der Waals surface area contributed by atoms with Gasteiger partial charge in [-0.1, -0.05) is 23.7 Å². The maximum absolute atomic E-state index is 13.0. The maximum atomic E-state index is 13.0. The van der Waals surface area contributed by atoms with Gasteiger partial charge in [0.05, 0.1) is 23.2 Å². The summed E-state index contributed by atoms with van der Waals surface area (Å²) in [4.78, 5) is 23.9. The molecule has 2 amide bonds. The first-order chi connectivity index (χ1) is 11.7. The van der Waals surface area contributed by atoms with Gasteiger partial charge in [0.1, 0.15) is 5.82 Å². The second-order valence-corrected chi connectivity index (χ2v) is 6.30. The SMILES string of the molecule is COC(=O)c1cc(NC(=O)NC(C)(C)c2ccc(F)cc2)ccc1Cl. The fraction of sp³-hybridized carbons (Fsp3) is 0.222. The summed E-state index contributed by atoms with van der Waals surface area (Å²) in [5.74, 6) is -0.943. The standard InChI is InChI=1S/C18H18ClFN2O3/c1-18(2,11-4-6-12(20)7-5-11)22-17(24)21-13-8-9-15(19)14(10-13)16(23)25-3/h4-10H,1-3H3,(H2,21,22,24). The van der Waals surface area contributed by atoms with Gasteiger partial charge in [-0.3, -0.25) is 0 Å². The topological polar surface area (TPSA) is 67.4 Å². The van der Waals surface area contributed by atoms with E-state index in [2.05, 4.69) is 15.4 Å². The van der Waals surface area contributed by atoms with Crippen LogP contribution >= 0.6 is 11.6 Å². The lowest BCUT2D eigenvalue weighted by Gasteiger charge is -2.27. The number of rotatable bonds is 4. The summed E-state index contributed by atoms with van der Waals surface area (Å²) >= 11 is 5.95. The second-order valence-electron chi connectivity index (χ2n) is 5.90. The van der Waals surface area contributed by atoms with Crippen LogP contribution in [0.5, 0.6) is 0 Å². The molecule has 0 heterocycles. The van der Waals surface area contributed by atoms with Crippen LogP contribution in [-0.4, -0.2) is 19.1 Å². The Morgan fingerprint density at radius 2 is 1.76 bits per heavy atom. The van der Waals surface area contributed by atoms with Crippen LogP contribution in [-0.2, 0) is 10.3 Å². The highest BCUT2D eigenvalue weighted by molar-refractivity contribution is 6.33. The molecule has 0 atom stereocenters. The molecule has 2 N–H and O–H groups in total. The van der Waals surface area contributed by atoms with Gasteiger partial charge in [0.15, 0.2) is 0 Å². The maximum Gasteiger partial charge on any atom is 0.339 e. The number of ether oxygens (including phenoxy) is 1. The first kappa shape index (κ1) is 18.7. The van der Waals surface area contributed by atoms with E-state index in [0.717, 1.165) is 5.56 Å². The van der Waals surface area contributed by atoms with E-state index in [4.69, 9.17) is 11.6 Å². The molecule has 25 heavy (non-hydrogen) atoms. The molecule has 0 aliphatic rings. The molecule has 0 saturated carbocycles. The largest absolute Gasteiger partial charge is 0.465 e. The Labute approximate surface area is 150 Å². The third-order valence-corrected chi connectivity index (χ3v) is 3.95. The number of halogens is 2. The Morgan fingerprint density at radius 1 is 1.12 bits per heavy atom. The zero-order valence-corrected chi connectivity index (χ0v) is 14.8. The van der Waals surface area contributed by atoms with Crippen molar-refractivity contribution in [3.63, 3.8) is 0 Å². The van der Waals surface area contributed by atoms with Crippen molar-refractivity contribution in [3.05, 3.63) is 64.4 Å². The molecule has 0 radical (unpaired) electrons. The zero-order valence-electron chi connectivity index (χ0n) is 14.0. The predicted molar refractivity (Wildman–Crippen MR) is 94.4 cm³/mol. The summed E-state index contributed by atoms with van der Waals surface area (Å²) in [5.41, 5.74) is 0.558. The molecule has 0 fully saturated rings. The molecule has 132 valence electrons. The zero-order chi connectivity index (χ0) is 18.6. The molecule has 0 aliphatic carbocycles. The molecule has 5 nitrogen and oxygen atoms in total. The van der Waals surface area contributed by atoms with Crippen molar-refractivity contribution in [2.45, 2.75) is 19.4 Å². The molecule has 7 heteroatoms. The minimum absolute atomic E-state index is 0.153. The van der Waals surface area contributed by atoms with Crippen molar-refractivity contribution in [1.82, 2.24) is 5.32 Å². The smallest absolute Gasteiger partial charge is 0.339 e. The normalized spacial score (nSPS) is 10.9. The van der Waals surface area contributed by atoms with Gasteiger partial charge in [0.25, 0.3) is 0 Å². The van der Waals surface area contributed by atoms with Gasteiger partial charge in [0, 0.05) is 5.69 Å². The van der Waals surface area contributed by atoms with E-state index in [0.29, 0.717) is 5.69 Å². The van der Waals surface area contributed by atoms with Gasteiger partial charge in [-0.2, -0.15) is 0 Å². The minimum atomic E-state index is -0.727. The van der Waals surface area contributed by atoms with Crippen molar-refractivity contribution in [2.75, 3.05) is 12.4 Å². The number of urea groups is 1. The summed E-state index contributed by atoms with van der Waals surface area (Å²) in [5, 5.41) is 5.66. The van der Waals surface area contributed by atoms with E-state index in [1.165, 1.54) is 31.4 Å². The van der Waals surface area contributed by atoms with Crippen molar-refractivity contribution >= 4 is 29.3 Å². The van der Waals surface area contributed by atoms with E-state index in [-0.39, 0.29) is 16.4 Å². The van der Waals surface area contributed by atoms with Crippen LogP contribution in [0, 0.1) is 5.82 Å². The minimum Gasteiger partial charge on any atom is -0.465 e. The fourth-order valence-electron chi connectivity index (χ4n) is 2.25. The number of hydrogen-bond acceptors (Lipinski definition) is 3. The van der Waals surface area contributed by atoms with Crippen LogP contribution in [0.15, 0.2) is 42.5 Å². The Hall–Kier alpha value is -2.60. The number of carbonyl (C=O) groups excluding carboxylic acids is 2. The van der Waals surface area contributed by atoms with Gasteiger partial charge >= 0.3 is 12.0 Å². The highest BCUT2D eigenvalue weighted by atomic mass is 35.5. The molecule has 0 unspecified atom stereocenters. The monoisotopic (exact) mass is 364 g/mol. The highest BCUT2D eigenvalue weighted by Gasteiger charge is 2.23. The quantitative estimate of drug-likeness (QED) is 0.794. The molecule has 0 saturated heterocycles. The molecule has 2 aromatic rings. The van der Waals surface area contributed by atoms with Gasteiger partial charge in [-0.15, -0.1) is 0 Å². The average molecular weight is 365 g/mol. The second kappa shape index (κ2) is 7.53. The van der Waals surface area contributed by atoms with Crippen molar-refractivity contribution < 1.29 is 18.7 Å². The lowest BCUT2D eigenvalue weighted by molar-refractivity contribution is 0.0601. The molecule has 2 aromatic carbocycles. The summed E-state index contributed by atoms with van der Waals surface area (Å²) in [6.45, 7) is 3.59. The van der Waals surface area contributed by atoms with E-state index in [1.807, 2.05) is 0 Å². The number of methoxy groups -OCH3 is 1. The first-order valence-corrected chi connectivity index (χ1v) is 7.84. The van der Waals surface area contributed by atoms with E-state index >= 15 is 0 Å². The number of nitrogens with one attached hydrogen (secondary N) is 2. The van der Waals surface area contributed by atoms with E-state index in [9.17, 15) is 14.0 Å². The Balaban J connectivity index is 2.12. The van der Waals surface area contributed by atoms with Crippen molar-refractivity contribution in [1.29, 1.82) is 0 Å². The number of esters is 1. The number of amides is 2. The lowest BCUT2D eigenvalue weighted by Crippen LogP contribution is -2.43. The predicted octanol–water partition coefficient (Wildman–Crippen LogP) is 4.32. The third kappa shape index (κ3) is 4.70. The van der Waals surface area contributed by atoms with Crippen LogP contribution in [0.1, 0.15) is 29.8 Å². The van der Waals surface area contributed by atoms with Crippen molar-refractivity contribution in [2.24, 2.45) is 0 Å². The van der Waals surface area contributed by atoms with Crippen LogP contribution in [0.2, 0.25) is 5.02 Å². The Bertz CT molecular complexity index is 791. The van der Waals surface area contributed by atoms with Crippen molar-refractivity contribution in [3.8, 4) is 0 Å². The Morgan fingerprint density at radius 3 is 2.36 bits per heavy atom. The molecule has 0 aromatic heterocycles. The number of anilines is 1. The lowest BCUT2D eigenvalue weighted by atomic mass is 9.94. The first-order valence-electron chi connectivity index (χ1n) is 7.46. The third-order valence-electron chi connectivity index (χ3n) is 3.62. The summed E-state index contributed by atoms with van der Waals surface area (Å²) < 4.78 is 17.7. The van der Waals surface area contributed by atoms with Gasteiger partial charge in [-0.25, -0.2) is 14.0 Å². The molecule has 0 spiro atoms. The molecular formula is C18H18ClFN2O3. The van der Waals surface area contributed by atoms with Gasteiger partial charge in [-0.05, 0) is 49.7 Å². The molecule has 0 aliphatic heterocycles. The molecular weight excluding hydrogens is 347 g/mol. The van der Waals surface area contributed by atoms with Crippen LogP contribution in [0.4, 0.5) is 14.9 Å². The fourth-order valence-corrected chi connectivity index (χ4v) is 2.45. The molecule has 2 rings (SSSR count). The van der Waals surface area contributed by atoms with Gasteiger partial charge < -0.3 is 15.4 Å². The van der Waals surface area contributed by atoms with Crippen LogP contribution in [0.25, 0.3) is 0 Å². The number of hydrogen-bond donors (Lipinski definition) is 2. The summed E-state index contributed by atoms with van der Waals surface area (Å²) in [6.07, 6.45) is 0. The summed E-state index contributed by atoms with van der Waals surface area (Å²) in [7, 11) is 1.25. The number of carbonyl (C=O) groups is 2. The van der Waals surface area contributed by atoms with E-state index in [1.54, 1.807) is 32.0 Å². The van der Waals surface area contributed by atoms with Gasteiger partial charge in [0.2, 0.25) is 0 Å². The Kier molecular flexibility index (Phi) is 5.64. The number of benzene rings is 2. The molecule has 0 bridgehead atoms. The van der Waals surface area contributed by atoms with Crippen LogP contribution in [0.3, 0.4) is 0 Å². The highest BCUT2D eigenvalue weighted by Crippen LogP contribution is 2.23.